The predicted octanol–water partition coefficient (Wildman–Crippen LogP) is 4.21. The van der Waals surface area contributed by atoms with E-state index in [9.17, 15) is 9.59 Å². The summed E-state index contributed by atoms with van der Waals surface area (Å²) in [4.78, 5) is 27.0. The van der Waals surface area contributed by atoms with Crippen molar-refractivity contribution in [2.45, 2.75) is 19.1 Å². The van der Waals surface area contributed by atoms with Gasteiger partial charge in [-0.05, 0) is 30.2 Å². The number of para-hydroxylation sites is 1. The summed E-state index contributed by atoms with van der Waals surface area (Å²) in [6.45, 7) is 3.99. The van der Waals surface area contributed by atoms with Gasteiger partial charge in [-0.15, -0.1) is 16.4 Å². The lowest BCUT2D eigenvalue weighted by Crippen LogP contribution is -2.34. The number of carbonyl (C=O) groups excluding carboxylic acids is 2. The molecule has 1 fully saturated rings. The minimum Gasteiger partial charge on any atom is -0.273 e. The lowest BCUT2D eigenvalue weighted by atomic mass is 10.1. The van der Waals surface area contributed by atoms with Crippen LogP contribution in [0.5, 0.6) is 0 Å². The van der Waals surface area contributed by atoms with Crippen LogP contribution < -0.4 is 10.3 Å². The number of hydrazone groups is 1. The maximum atomic E-state index is 12.8. The molecule has 8 heteroatoms. The van der Waals surface area contributed by atoms with Gasteiger partial charge in [0.15, 0.2) is 5.17 Å². The lowest BCUT2D eigenvalue weighted by molar-refractivity contribution is -0.117. The molecule has 0 radical (unpaired) electrons. The number of hydrogen-bond donors (Lipinski definition) is 1. The Hall–Kier alpha value is -1.83. The first-order valence-corrected chi connectivity index (χ1v) is 9.74. The predicted molar refractivity (Wildman–Crippen MR) is 104 cm³/mol. The maximum Gasteiger partial charge on any atom is 0.281 e. The van der Waals surface area contributed by atoms with Crippen molar-refractivity contribution >= 4 is 57.4 Å². The van der Waals surface area contributed by atoms with Crippen LogP contribution in [0.3, 0.4) is 0 Å². The van der Waals surface area contributed by atoms with Crippen LogP contribution in [0.4, 0.5) is 5.69 Å². The smallest absolute Gasteiger partial charge is 0.273 e. The number of nitrogens with zero attached hydrogens (tertiary/aromatic N) is 2. The number of rotatable bonds is 4. The van der Waals surface area contributed by atoms with Gasteiger partial charge >= 0.3 is 0 Å². The second kappa shape index (κ2) is 7.59. The number of halogens is 1. The molecule has 2 amide bonds. The van der Waals surface area contributed by atoms with Crippen molar-refractivity contribution in [2.24, 2.45) is 11.0 Å². The molecule has 0 aliphatic carbocycles. The molecule has 1 aromatic carbocycles. The third kappa shape index (κ3) is 3.89. The molecule has 1 aliphatic heterocycles. The number of amides is 2. The van der Waals surface area contributed by atoms with E-state index in [4.69, 9.17) is 11.6 Å². The van der Waals surface area contributed by atoms with E-state index in [2.05, 4.69) is 10.5 Å². The van der Waals surface area contributed by atoms with E-state index in [-0.39, 0.29) is 23.0 Å². The zero-order valence-electron chi connectivity index (χ0n) is 13.6. The van der Waals surface area contributed by atoms with E-state index in [0.29, 0.717) is 14.4 Å². The van der Waals surface area contributed by atoms with Crippen molar-refractivity contribution in [1.82, 2.24) is 5.43 Å². The molecule has 130 valence electrons. The molecule has 2 aromatic rings. The largest absolute Gasteiger partial charge is 0.281 e. The van der Waals surface area contributed by atoms with Gasteiger partial charge in [0.1, 0.15) is 0 Å². The number of thiophene rings is 1. The van der Waals surface area contributed by atoms with Crippen molar-refractivity contribution in [3.63, 3.8) is 0 Å². The number of thioether (sulfide) groups is 1. The molecule has 1 aromatic heterocycles. The van der Waals surface area contributed by atoms with Crippen LogP contribution >= 0.6 is 34.7 Å². The maximum absolute atomic E-state index is 12.8. The fourth-order valence-corrected chi connectivity index (χ4v) is 4.38. The van der Waals surface area contributed by atoms with Crippen molar-refractivity contribution in [2.75, 3.05) is 4.90 Å². The van der Waals surface area contributed by atoms with Crippen LogP contribution in [0.15, 0.2) is 47.6 Å². The van der Waals surface area contributed by atoms with Crippen molar-refractivity contribution in [3.8, 4) is 0 Å². The van der Waals surface area contributed by atoms with Gasteiger partial charge in [-0.25, -0.2) is 5.43 Å². The van der Waals surface area contributed by atoms with Crippen molar-refractivity contribution in [3.05, 3.63) is 51.7 Å². The van der Waals surface area contributed by atoms with Crippen LogP contribution in [-0.2, 0) is 4.79 Å². The Morgan fingerprint density at radius 2 is 1.96 bits per heavy atom. The number of benzene rings is 1. The fraction of sp³-hybridized carbons (Fsp3) is 0.235. The zero-order chi connectivity index (χ0) is 18.0. The highest BCUT2D eigenvalue weighted by molar-refractivity contribution is 8.16. The summed E-state index contributed by atoms with van der Waals surface area (Å²) in [6.07, 6.45) is 0. The summed E-state index contributed by atoms with van der Waals surface area (Å²) in [7, 11) is 0. The van der Waals surface area contributed by atoms with Gasteiger partial charge in [0, 0.05) is 0 Å². The number of amidine groups is 1. The minimum absolute atomic E-state index is 0.0293. The molecule has 1 unspecified atom stereocenters. The normalized spacial score (nSPS) is 19.0. The van der Waals surface area contributed by atoms with Crippen LogP contribution in [-0.4, -0.2) is 22.2 Å². The second-order valence-electron chi connectivity index (χ2n) is 5.73. The zero-order valence-corrected chi connectivity index (χ0v) is 16.0. The van der Waals surface area contributed by atoms with Gasteiger partial charge < -0.3 is 0 Å². The van der Waals surface area contributed by atoms with E-state index in [1.807, 2.05) is 44.2 Å². The molecule has 1 aliphatic rings. The standard InChI is InChI=1S/C17H16ClN3O2S2/c1-10(2)14-16(23)21(11-6-4-3-5-7-11)17(25-14)20-19-15(22)12-8-9-13(18)24-12/h3-10,14H,1-2H3,(H,19,22)/b20-17+. The number of carbonyl (C=O) groups is 2. The Balaban J connectivity index is 1.86. The highest BCUT2D eigenvalue weighted by atomic mass is 35.5. The van der Waals surface area contributed by atoms with Gasteiger partial charge in [0.05, 0.1) is 20.2 Å². The molecule has 25 heavy (non-hydrogen) atoms. The first-order chi connectivity index (χ1) is 12.0. The topological polar surface area (TPSA) is 61.8 Å². The molecule has 0 bridgehead atoms. The molecule has 1 N–H and O–H groups in total. The summed E-state index contributed by atoms with van der Waals surface area (Å²) in [6, 6.07) is 12.6. The van der Waals surface area contributed by atoms with Crippen LogP contribution in [0.25, 0.3) is 0 Å². The van der Waals surface area contributed by atoms with Crippen molar-refractivity contribution < 1.29 is 9.59 Å². The summed E-state index contributed by atoms with van der Waals surface area (Å²) < 4.78 is 0.536. The van der Waals surface area contributed by atoms with Gasteiger partial charge in [-0.2, -0.15) is 0 Å². The summed E-state index contributed by atoms with van der Waals surface area (Å²) in [5, 5.41) is 4.43. The Labute approximate surface area is 159 Å². The molecule has 2 heterocycles. The highest BCUT2D eigenvalue weighted by Crippen LogP contribution is 2.35. The van der Waals surface area contributed by atoms with Crippen LogP contribution in [0.2, 0.25) is 4.34 Å². The molecule has 1 atom stereocenters. The Kier molecular flexibility index (Phi) is 5.46. The van der Waals surface area contributed by atoms with E-state index in [1.54, 1.807) is 17.0 Å². The fourth-order valence-electron chi connectivity index (χ4n) is 2.34. The molecular formula is C17H16ClN3O2S2. The van der Waals surface area contributed by atoms with Crippen LogP contribution in [0.1, 0.15) is 23.5 Å². The Morgan fingerprint density at radius 1 is 1.24 bits per heavy atom. The second-order valence-corrected chi connectivity index (χ2v) is 8.55. The van der Waals surface area contributed by atoms with E-state index in [0.717, 1.165) is 5.69 Å². The quantitative estimate of drug-likeness (QED) is 0.791. The minimum atomic E-state index is -0.349. The molecule has 1 saturated heterocycles. The molecule has 5 nitrogen and oxygen atoms in total. The van der Waals surface area contributed by atoms with E-state index in [1.165, 1.54) is 23.1 Å². The molecular weight excluding hydrogens is 378 g/mol. The monoisotopic (exact) mass is 393 g/mol. The summed E-state index contributed by atoms with van der Waals surface area (Å²) in [5.41, 5.74) is 3.25. The first-order valence-electron chi connectivity index (χ1n) is 7.66. The molecule has 0 spiro atoms. The van der Waals surface area contributed by atoms with Crippen LogP contribution in [0, 0.1) is 5.92 Å². The highest BCUT2D eigenvalue weighted by Gasteiger charge is 2.40. The number of anilines is 1. The average molecular weight is 394 g/mol. The lowest BCUT2D eigenvalue weighted by Gasteiger charge is -2.16. The average Bonchev–Trinajstić information content (AvgIpc) is 3.17. The van der Waals surface area contributed by atoms with E-state index >= 15 is 0 Å². The van der Waals surface area contributed by atoms with E-state index < -0.39 is 0 Å². The molecule has 3 rings (SSSR count). The number of nitrogens with one attached hydrogen (secondary N) is 1. The third-order valence-corrected chi connectivity index (χ3v) is 6.27. The Morgan fingerprint density at radius 3 is 2.56 bits per heavy atom. The SMILES string of the molecule is CC(C)C1S/C(=N/NC(=O)c2ccc(Cl)s2)N(c2ccccc2)C1=O. The van der Waals surface area contributed by atoms with Crippen molar-refractivity contribution in [1.29, 1.82) is 0 Å². The van der Waals surface area contributed by atoms with Gasteiger partial charge in [0.2, 0.25) is 5.91 Å². The summed E-state index contributed by atoms with van der Waals surface area (Å²) in [5.74, 6) is -0.222. The first kappa shape index (κ1) is 18.0. The number of hydrogen-bond acceptors (Lipinski definition) is 5. The summed E-state index contributed by atoms with van der Waals surface area (Å²) >= 11 is 8.39. The Bertz CT molecular complexity index is 820. The van der Waals surface area contributed by atoms with Gasteiger partial charge in [-0.1, -0.05) is 55.4 Å². The third-order valence-electron chi connectivity index (χ3n) is 3.56. The van der Waals surface area contributed by atoms with Gasteiger partial charge in [0.25, 0.3) is 5.91 Å². The molecule has 0 saturated carbocycles. The van der Waals surface area contributed by atoms with Gasteiger partial charge in [-0.3, -0.25) is 14.5 Å².